The van der Waals surface area contributed by atoms with Gasteiger partial charge in [0.1, 0.15) is 0 Å². The van der Waals surface area contributed by atoms with Gasteiger partial charge in [-0.25, -0.2) is 8.42 Å². The van der Waals surface area contributed by atoms with Crippen molar-refractivity contribution in [2.75, 3.05) is 18.6 Å². The molecule has 0 amide bonds. The fourth-order valence-corrected chi connectivity index (χ4v) is 3.54. The Morgan fingerprint density at radius 2 is 2.38 bits per heavy atom. The number of nitrogens with one attached hydrogen (secondary N) is 1. The van der Waals surface area contributed by atoms with Crippen molar-refractivity contribution in [1.29, 1.82) is 0 Å². The Balaban J connectivity index is 2.45. The largest absolute Gasteiger partial charge is 0.307 e. The molecular weight excluding hydrogens is 186 g/mol. The van der Waals surface area contributed by atoms with Gasteiger partial charge in [0.25, 0.3) is 0 Å². The van der Waals surface area contributed by atoms with Crippen molar-refractivity contribution in [2.45, 2.75) is 18.9 Å². The van der Waals surface area contributed by atoms with Crippen molar-refractivity contribution in [3.63, 3.8) is 0 Å². The number of terminal acetylenes is 1. The first-order chi connectivity index (χ1) is 6.07. The molecule has 2 unspecified atom stereocenters. The summed E-state index contributed by atoms with van der Waals surface area (Å²) in [5.41, 5.74) is 0. The van der Waals surface area contributed by atoms with E-state index in [0.29, 0.717) is 11.5 Å². The molecule has 1 N–H and O–H groups in total. The first-order valence-electron chi connectivity index (χ1n) is 4.41. The highest BCUT2D eigenvalue weighted by Crippen LogP contribution is 2.22. The van der Waals surface area contributed by atoms with E-state index in [-0.39, 0.29) is 12.0 Å². The predicted octanol–water partition coefficient (Wildman–Crippen LogP) is 0.0324. The SMILES string of the molecule is C#CC(CC1CCS(=O)(=O)C1)NC. The zero-order valence-corrected chi connectivity index (χ0v) is 8.60. The van der Waals surface area contributed by atoms with Gasteiger partial charge in [-0.05, 0) is 25.8 Å². The molecule has 0 spiro atoms. The van der Waals surface area contributed by atoms with Crippen LogP contribution >= 0.6 is 0 Å². The summed E-state index contributed by atoms with van der Waals surface area (Å²) in [5, 5.41) is 2.98. The minimum absolute atomic E-state index is 0.0123. The first kappa shape index (κ1) is 10.6. The van der Waals surface area contributed by atoms with Crippen LogP contribution in [0.1, 0.15) is 12.8 Å². The molecule has 0 radical (unpaired) electrons. The molecule has 1 aliphatic heterocycles. The summed E-state index contributed by atoms with van der Waals surface area (Å²) in [6, 6.07) is 0.0123. The molecule has 2 atom stereocenters. The van der Waals surface area contributed by atoms with Crippen molar-refractivity contribution >= 4 is 9.84 Å². The molecule has 0 aliphatic carbocycles. The average Bonchev–Trinajstić information content (AvgIpc) is 2.41. The van der Waals surface area contributed by atoms with Crippen LogP contribution in [0.15, 0.2) is 0 Å². The molecule has 1 aliphatic rings. The van der Waals surface area contributed by atoms with E-state index in [4.69, 9.17) is 6.42 Å². The lowest BCUT2D eigenvalue weighted by Gasteiger charge is -2.13. The highest BCUT2D eigenvalue weighted by molar-refractivity contribution is 7.91. The summed E-state index contributed by atoms with van der Waals surface area (Å²) >= 11 is 0. The van der Waals surface area contributed by atoms with Crippen molar-refractivity contribution in [3.8, 4) is 12.3 Å². The van der Waals surface area contributed by atoms with Crippen molar-refractivity contribution < 1.29 is 8.42 Å². The molecule has 1 heterocycles. The quantitative estimate of drug-likeness (QED) is 0.655. The van der Waals surface area contributed by atoms with E-state index in [1.165, 1.54) is 0 Å². The van der Waals surface area contributed by atoms with Gasteiger partial charge in [-0.3, -0.25) is 0 Å². The Morgan fingerprint density at radius 3 is 2.77 bits per heavy atom. The van der Waals surface area contributed by atoms with E-state index in [2.05, 4.69) is 11.2 Å². The van der Waals surface area contributed by atoms with Crippen LogP contribution in [0, 0.1) is 18.3 Å². The van der Waals surface area contributed by atoms with Gasteiger partial charge < -0.3 is 5.32 Å². The van der Waals surface area contributed by atoms with Crippen molar-refractivity contribution in [3.05, 3.63) is 0 Å². The number of hydrogen-bond donors (Lipinski definition) is 1. The number of hydrogen-bond acceptors (Lipinski definition) is 3. The molecule has 0 saturated carbocycles. The van der Waals surface area contributed by atoms with Crippen LogP contribution in [0.3, 0.4) is 0 Å². The molecule has 1 rings (SSSR count). The summed E-state index contributed by atoms with van der Waals surface area (Å²) < 4.78 is 22.3. The smallest absolute Gasteiger partial charge is 0.150 e. The van der Waals surface area contributed by atoms with Crippen LogP contribution in [0.25, 0.3) is 0 Å². The highest BCUT2D eigenvalue weighted by Gasteiger charge is 2.28. The van der Waals surface area contributed by atoms with E-state index >= 15 is 0 Å². The fraction of sp³-hybridized carbons (Fsp3) is 0.778. The Morgan fingerprint density at radius 1 is 1.69 bits per heavy atom. The minimum atomic E-state index is -2.75. The third-order valence-corrected chi connectivity index (χ3v) is 4.28. The van der Waals surface area contributed by atoms with Crippen LogP contribution in [-0.4, -0.2) is 33.0 Å². The summed E-state index contributed by atoms with van der Waals surface area (Å²) in [6.07, 6.45) is 6.80. The summed E-state index contributed by atoms with van der Waals surface area (Å²) in [4.78, 5) is 0. The second-order valence-electron chi connectivity index (χ2n) is 3.51. The Kier molecular flexibility index (Phi) is 3.34. The molecule has 0 bridgehead atoms. The van der Waals surface area contributed by atoms with Gasteiger partial charge in [0.2, 0.25) is 0 Å². The van der Waals surface area contributed by atoms with Gasteiger partial charge in [-0.2, -0.15) is 0 Å². The third kappa shape index (κ3) is 3.02. The standard InChI is InChI=1S/C9H15NO2S/c1-3-9(10-2)6-8-4-5-13(11,12)7-8/h1,8-10H,4-7H2,2H3. The molecule has 4 heteroatoms. The van der Waals surface area contributed by atoms with E-state index in [1.807, 2.05) is 0 Å². The molecular formula is C9H15NO2S. The molecule has 1 saturated heterocycles. The molecule has 74 valence electrons. The lowest BCUT2D eigenvalue weighted by Crippen LogP contribution is -2.26. The van der Waals surface area contributed by atoms with Crippen LogP contribution in [0.5, 0.6) is 0 Å². The second kappa shape index (κ2) is 4.12. The summed E-state index contributed by atoms with van der Waals surface area (Å²) in [6.45, 7) is 0. The van der Waals surface area contributed by atoms with Crippen LogP contribution in [-0.2, 0) is 9.84 Å². The van der Waals surface area contributed by atoms with Gasteiger partial charge in [-0.15, -0.1) is 6.42 Å². The second-order valence-corrected chi connectivity index (χ2v) is 5.74. The maximum absolute atomic E-state index is 11.1. The molecule has 3 nitrogen and oxygen atoms in total. The molecule has 0 aromatic rings. The van der Waals surface area contributed by atoms with Crippen LogP contribution < -0.4 is 5.32 Å². The molecule has 0 aromatic carbocycles. The van der Waals surface area contributed by atoms with Gasteiger partial charge >= 0.3 is 0 Å². The Bertz CT molecular complexity index is 302. The maximum Gasteiger partial charge on any atom is 0.150 e. The van der Waals surface area contributed by atoms with Gasteiger partial charge in [0, 0.05) is 0 Å². The predicted molar refractivity (Wildman–Crippen MR) is 53.1 cm³/mol. The lowest BCUT2D eigenvalue weighted by atomic mass is 10.00. The number of sulfone groups is 1. The van der Waals surface area contributed by atoms with Gasteiger partial charge in [0.15, 0.2) is 9.84 Å². The summed E-state index contributed by atoms with van der Waals surface area (Å²) in [5.74, 6) is 3.49. The van der Waals surface area contributed by atoms with Crippen LogP contribution in [0.2, 0.25) is 0 Å². The van der Waals surface area contributed by atoms with E-state index in [0.717, 1.165) is 12.8 Å². The Hall–Kier alpha value is -0.530. The number of rotatable bonds is 3. The zero-order valence-electron chi connectivity index (χ0n) is 7.79. The van der Waals surface area contributed by atoms with Crippen molar-refractivity contribution in [1.82, 2.24) is 5.32 Å². The lowest BCUT2D eigenvalue weighted by molar-refractivity contribution is 0.482. The van der Waals surface area contributed by atoms with E-state index < -0.39 is 9.84 Å². The first-order valence-corrected chi connectivity index (χ1v) is 6.23. The third-order valence-electron chi connectivity index (χ3n) is 2.45. The topological polar surface area (TPSA) is 46.2 Å². The monoisotopic (exact) mass is 201 g/mol. The molecule has 0 aromatic heterocycles. The molecule has 1 fully saturated rings. The van der Waals surface area contributed by atoms with Crippen LogP contribution in [0.4, 0.5) is 0 Å². The normalized spacial score (nSPS) is 28.2. The van der Waals surface area contributed by atoms with E-state index in [1.54, 1.807) is 7.05 Å². The van der Waals surface area contributed by atoms with E-state index in [9.17, 15) is 8.42 Å². The van der Waals surface area contributed by atoms with Gasteiger partial charge in [-0.1, -0.05) is 5.92 Å². The maximum atomic E-state index is 11.1. The zero-order chi connectivity index (χ0) is 9.90. The fourth-order valence-electron chi connectivity index (χ4n) is 1.66. The van der Waals surface area contributed by atoms with Gasteiger partial charge in [0.05, 0.1) is 17.5 Å². The average molecular weight is 201 g/mol. The van der Waals surface area contributed by atoms with Crippen molar-refractivity contribution in [2.24, 2.45) is 5.92 Å². The Labute approximate surface area is 79.8 Å². The minimum Gasteiger partial charge on any atom is -0.307 e. The highest BCUT2D eigenvalue weighted by atomic mass is 32.2. The molecule has 13 heavy (non-hydrogen) atoms. The summed E-state index contributed by atoms with van der Waals surface area (Å²) in [7, 11) is -0.954.